The van der Waals surface area contributed by atoms with Gasteiger partial charge >= 0.3 is 6.09 Å². The predicted octanol–water partition coefficient (Wildman–Crippen LogP) is 4.22. The van der Waals surface area contributed by atoms with Crippen LogP contribution in [0, 0.1) is 18.7 Å². The zero-order valence-corrected chi connectivity index (χ0v) is 15.4. The lowest BCUT2D eigenvalue weighted by Gasteiger charge is -2.35. The first-order valence-electron chi connectivity index (χ1n) is 8.60. The first-order chi connectivity index (χ1) is 11.1. The van der Waals surface area contributed by atoms with Crippen molar-refractivity contribution in [1.82, 2.24) is 4.90 Å². The van der Waals surface area contributed by atoms with Crippen molar-refractivity contribution in [3.8, 4) is 0 Å². The number of hydrogen-bond donors (Lipinski definition) is 0. The van der Waals surface area contributed by atoms with Crippen LogP contribution in [0.15, 0.2) is 18.2 Å². The third-order valence-electron chi connectivity index (χ3n) is 4.27. The summed E-state index contributed by atoms with van der Waals surface area (Å²) < 4.78 is 19.0. The standard InChI is InChI=1S/C19H29FN2O2/c1-14-10-16(20)12-17(11-14)21(5)13-15-6-8-22(9-7-15)18(23)24-19(2,3)4/h10-12,15H,6-9,13H2,1-5H3. The number of carbonyl (C=O) groups is 1. The van der Waals surface area contributed by atoms with E-state index in [-0.39, 0.29) is 11.9 Å². The van der Waals surface area contributed by atoms with Crippen LogP contribution in [0.3, 0.4) is 0 Å². The molecule has 1 aliphatic heterocycles. The Morgan fingerprint density at radius 3 is 2.46 bits per heavy atom. The predicted molar refractivity (Wildman–Crippen MR) is 94.9 cm³/mol. The van der Waals surface area contributed by atoms with Gasteiger partial charge in [0.25, 0.3) is 0 Å². The Kier molecular flexibility index (Phi) is 5.73. The number of likely N-dealkylation sites (tertiary alicyclic amines) is 1. The molecule has 1 amide bonds. The monoisotopic (exact) mass is 336 g/mol. The lowest BCUT2D eigenvalue weighted by molar-refractivity contribution is 0.0186. The number of piperidine rings is 1. The minimum Gasteiger partial charge on any atom is -0.444 e. The van der Waals surface area contributed by atoms with Crippen LogP contribution in [0.4, 0.5) is 14.9 Å². The molecule has 1 saturated heterocycles. The highest BCUT2D eigenvalue weighted by atomic mass is 19.1. The first-order valence-corrected chi connectivity index (χ1v) is 8.60. The zero-order chi connectivity index (χ0) is 17.9. The maximum Gasteiger partial charge on any atom is 0.410 e. The number of benzene rings is 1. The van der Waals surface area contributed by atoms with Gasteiger partial charge in [-0.25, -0.2) is 9.18 Å². The molecular weight excluding hydrogens is 307 g/mol. The van der Waals surface area contributed by atoms with Gasteiger partial charge in [-0.2, -0.15) is 0 Å². The van der Waals surface area contributed by atoms with Crippen molar-refractivity contribution in [2.45, 2.75) is 46.1 Å². The molecule has 0 aromatic heterocycles. The summed E-state index contributed by atoms with van der Waals surface area (Å²) in [5.41, 5.74) is 1.38. The average Bonchev–Trinajstić information content (AvgIpc) is 2.45. The number of aryl methyl sites for hydroxylation is 1. The van der Waals surface area contributed by atoms with Crippen LogP contribution in [0.2, 0.25) is 0 Å². The maximum absolute atomic E-state index is 13.6. The molecule has 0 N–H and O–H groups in total. The topological polar surface area (TPSA) is 32.8 Å². The largest absolute Gasteiger partial charge is 0.444 e. The van der Waals surface area contributed by atoms with Gasteiger partial charge in [0.05, 0.1) is 0 Å². The highest BCUT2D eigenvalue weighted by Crippen LogP contribution is 2.23. The first kappa shape index (κ1) is 18.6. The summed E-state index contributed by atoms with van der Waals surface area (Å²) in [5, 5.41) is 0. The van der Waals surface area contributed by atoms with Crippen LogP contribution in [0.1, 0.15) is 39.2 Å². The number of amides is 1. The van der Waals surface area contributed by atoms with Gasteiger partial charge in [-0.1, -0.05) is 0 Å². The second-order valence-electron chi connectivity index (χ2n) is 7.78. The van der Waals surface area contributed by atoms with E-state index in [1.54, 1.807) is 11.0 Å². The van der Waals surface area contributed by atoms with E-state index in [9.17, 15) is 9.18 Å². The van der Waals surface area contributed by atoms with Crippen LogP contribution < -0.4 is 4.90 Å². The molecule has 1 aromatic rings. The summed E-state index contributed by atoms with van der Waals surface area (Å²) in [5.74, 6) is 0.300. The lowest BCUT2D eigenvalue weighted by Crippen LogP contribution is -2.43. The minimum absolute atomic E-state index is 0.198. The molecule has 0 unspecified atom stereocenters. The SMILES string of the molecule is Cc1cc(F)cc(N(C)CC2CCN(C(=O)OC(C)(C)C)CC2)c1. The normalized spacial score (nSPS) is 16.2. The molecule has 134 valence electrons. The second-order valence-corrected chi connectivity index (χ2v) is 7.78. The van der Waals surface area contributed by atoms with Crippen LogP contribution in [0.25, 0.3) is 0 Å². The number of carbonyl (C=O) groups excluding carboxylic acids is 1. The highest BCUT2D eigenvalue weighted by Gasteiger charge is 2.27. The van der Waals surface area contributed by atoms with Crippen LogP contribution >= 0.6 is 0 Å². The molecule has 1 heterocycles. The molecule has 0 bridgehead atoms. The van der Waals surface area contributed by atoms with Crippen molar-refractivity contribution in [2.75, 3.05) is 31.6 Å². The van der Waals surface area contributed by atoms with Gasteiger partial charge < -0.3 is 14.5 Å². The summed E-state index contributed by atoms with van der Waals surface area (Å²) in [6.45, 7) is 9.85. The van der Waals surface area contributed by atoms with Crippen molar-refractivity contribution < 1.29 is 13.9 Å². The van der Waals surface area contributed by atoms with Crippen molar-refractivity contribution in [3.05, 3.63) is 29.6 Å². The fourth-order valence-corrected chi connectivity index (χ4v) is 3.05. The average molecular weight is 336 g/mol. The van der Waals surface area contributed by atoms with Crippen molar-refractivity contribution >= 4 is 11.8 Å². The van der Waals surface area contributed by atoms with Crippen LogP contribution in [0.5, 0.6) is 0 Å². The Labute approximate surface area is 144 Å². The molecule has 5 heteroatoms. The Balaban J connectivity index is 1.85. The molecule has 0 spiro atoms. The molecule has 1 aliphatic rings. The number of halogens is 1. The van der Waals surface area contributed by atoms with E-state index in [2.05, 4.69) is 4.90 Å². The molecule has 0 saturated carbocycles. The van der Waals surface area contributed by atoms with Gasteiger partial charge in [0, 0.05) is 32.4 Å². The third kappa shape index (κ3) is 5.39. The quantitative estimate of drug-likeness (QED) is 0.828. The molecule has 0 radical (unpaired) electrons. The molecule has 4 nitrogen and oxygen atoms in total. The molecule has 2 rings (SSSR count). The number of hydrogen-bond acceptors (Lipinski definition) is 3. The van der Waals surface area contributed by atoms with Gasteiger partial charge in [0.2, 0.25) is 0 Å². The Morgan fingerprint density at radius 2 is 1.92 bits per heavy atom. The van der Waals surface area contributed by atoms with Gasteiger partial charge in [-0.3, -0.25) is 0 Å². The van der Waals surface area contributed by atoms with Crippen LogP contribution in [-0.2, 0) is 4.74 Å². The van der Waals surface area contributed by atoms with E-state index < -0.39 is 5.60 Å². The minimum atomic E-state index is -0.455. The molecule has 1 aromatic carbocycles. The second kappa shape index (κ2) is 7.41. The number of anilines is 1. The Bertz CT molecular complexity index is 555. The molecule has 1 fully saturated rings. The fraction of sp³-hybridized carbons (Fsp3) is 0.632. The van der Waals surface area contributed by atoms with E-state index in [1.165, 1.54) is 6.07 Å². The maximum atomic E-state index is 13.6. The Hall–Kier alpha value is -1.78. The molecule has 0 atom stereocenters. The van der Waals surface area contributed by atoms with Gasteiger partial charge in [0.15, 0.2) is 0 Å². The van der Waals surface area contributed by atoms with Crippen LogP contribution in [-0.4, -0.2) is 43.3 Å². The summed E-state index contributed by atoms with van der Waals surface area (Å²) in [4.78, 5) is 16.0. The van der Waals surface area contributed by atoms with Crippen molar-refractivity contribution in [2.24, 2.45) is 5.92 Å². The zero-order valence-electron chi connectivity index (χ0n) is 15.4. The third-order valence-corrected chi connectivity index (χ3v) is 4.27. The van der Waals surface area contributed by atoms with E-state index in [4.69, 9.17) is 4.74 Å². The molecule has 24 heavy (non-hydrogen) atoms. The summed E-state index contributed by atoms with van der Waals surface area (Å²) in [6.07, 6.45) is 1.66. The Morgan fingerprint density at radius 1 is 1.29 bits per heavy atom. The highest BCUT2D eigenvalue weighted by molar-refractivity contribution is 5.68. The van der Waals surface area contributed by atoms with E-state index in [0.717, 1.165) is 43.7 Å². The summed E-state index contributed by atoms with van der Waals surface area (Å²) >= 11 is 0. The van der Waals surface area contributed by atoms with E-state index in [0.29, 0.717) is 5.92 Å². The molecule has 0 aliphatic carbocycles. The summed E-state index contributed by atoms with van der Waals surface area (Å²) in [6, 6.07) is 5.11. The van der Waals surface area contributed by atoms with Gasteiger partial charge in [0.1, 0.15) is 11.4 Å². The summed E-state index contributed by atoms with van der Waals surface area (Å²) in [7, 11) is 1.99. The van der Waals surface area contributed by atoms with Crippen molar-refractivity contribution in [3.63, 3.8) is 0 Å². The smallest absolute Gasteiger partial charge is 0.410 e. The van der Waals surface area contributed by atoms with Crippen molar-refractivity contribution in [1.29, 1.82) is 0 Å². The number of nitrogens with zero attached hydrogens (tertiary/aromatic N) is 2. The van der Waals surface area contributed by atoms with E-state index in [1.807, 2.05) is 40.8 Å². The van der Waals surface area contributed by atoms with Gasteiger partial charge in [-0.05, 0) is 70.2 Å². The lowest BCUT2D eigenvalue weighted by atomic mass is 9.96. The number of rotatable bonds is 3. The van der Waals surface area contributed by atoms with E-state index >= 15 is 0 Å². The molecular formula is C19H29FN2O2. The van der Waals surface area contributed by atoms with Gasteiger partial charge in [-0.15, -0.1) is 0 Å². The number of ether oxygens (including phenoxy) is 1. The fourth-order valence-electron chi connectivity index (χ4n) is 3.05.